The lowest BCUT2D eigenvalue weighted by atomic mass is 9.87. The molecule has 1 heterocycles. The molecule has 0 aromatic rings. The monoisotopic (exact) mass is 173 g/mol. The Morgan fingerprint density at radius 3 is 2.42 bits per heavy atom. The second-order valence-electron chi connectivity index (χ2n) is 4.33. The molecule has 1 nitrogen and oxygen atoms in total. The molecule has 0 aromatic carbocycles. The van der Waals surface area contributed by atoms with Gasteiger partial charge >= 0.3 is 0 Å². The fourth-order valence-corrected chi connectivity index (χ4v) is 1.67. The smallest absolute Gasteiger partial charge is 0.113 e. The van der Waals surface area contributed by atoms with Crippen LogP contribution in [0.1, 0.15) is 39.5 Å². The van der Waals surface area contributed by atoms with Crippen LogP contribution in [0.3, 0.4) is 0 Å². The van der Waals surface area contributed by atoms with E-state index in [-0.39, 0.29) is 0 Å². The quantitative estimate of drug-likeness (QED) is 0.691. The molecule has 72 valence electrons. The zero-order chi connectivity index (χ0) is 9.03. The number of hydrogen-bond donors (Lipinski definition) is 1. The van der Waals surface area contributed by atoms with Crippen LogP contribution in [0.25, 0.3) is 0 Å². The normalized spacial score (nSPS) is 23.0. The molecular weight excluding hydrogens is 153 g/mol. The molecule has 0 aromatic heterocycles. The number of nitrogens with one attached hydrogen (secondary N) is 1. The van der Waals surface area contributed by atoms with E-state index in [1.54, 1.807) is 0 Å². The predicted octanol–water partition coefficient (Wildman–Crippen LogP) is 2.51. The number of rotatable bonds is 3. The third-order valence-electron chi connectivity index (χ3n) is 2.67. The Morgan fingerprint density at radius 1 is 1.33 bits per heavy atom. The van der Waals surface area contributed by atoms with E-state index in [0.717, 1.165) is 25.9 Å². The Kier molecular flexibility index (Phi) is 3.51. The fraction of sp³-hybridized carbons (Fsp3) is 1.00. The Labute approximate surface area is 74.7 Å². The minimum atomic E-state index is -0.852. The first-order valence-electron chi connectivity index (χ1n) is 5.02. The van der Waals surface area contributed by atoms with Gasteiger partial charge in [-0.3, -0.25) is 0 Å². The average Bonchev–Trinajstić information content (AvgIpc) is 2.03. The molecule has 0 spiro atoms. The van der Waals surface area contributed by atoms with E-state index < -0.39 is 5.67 Å². The van der Waals surface area contributed by atoms with Crippen LogP contribution >= 0.6 is 0 Å². The van der Waals surface area contributed by atoms with E-state index >= 15 is 0 Å². The second-order valence-corrected chi connectivity index (χ2v) is 4.33. The van der Waals surface area contributed by atoms with Crippen molar-refractivity contribution in [3.63, 3.8) is 0 Å². The molecule has 12 heavy (non-hydrogen) atoms. The maximum Gasteiger partial charge on any atom is 0.113 e. The minimum absolute atomic E-state index is 0.632. The molecule has 0 aliphatic carbocycles. The molecular formula is C10H20FN. The van der Waals surface area contributed by atoms with Crippen molar-refractivity contribution < 1.29 is 4.39 Å². The maximum absolute atomic E-state index is 13.9. The molecule has 2 heteroatoms. The lowest BCUT2D eigenvalue weighted by Crippen LogP contribution is -2.38. The number of piperidine rings is 1. The standard InChI is InChI=1S/C10H20FN/c1-9(2)3-4-10(11)5-7-12-8-6-10/h9,12H,3-8H2,1-2H3. The minimum Gasteiger partial charge on any atom is -0.316 e. The van der Waals surface area contributed by atoms with Gasteiger partial charge in [0.25, 0.3) is 0 Å². The van der Waals surface area contributed by atoms with E-state index in [4.69, 9.17) is 0 Å². The van der Waals surface area contributed by atoms with Crippen LogP contribution in [0.15, 0.2) is 0 Å². The molecule has 0 unspecified atom stereocenters. The van der Waals surface area contributed by atoms with Gasteiger partial charge in [0.15, 0.2) is 0 Å². The summed E-state index contributed by atoms with van der Waals surface area (Å²) in [7, 11) is 0. The average molecular weight is 173 g/mol. The third-order valence-corrected chi connectivity index (χ3v) is 2.67. The van der Waals surface area contributed by atoms with Crippen molar-refractivity contribution in [3.05, 3.63) is 0 Å². The summed E-state index contributed by atoms with van der Waals surface area (Å²) in [6.07, 6.45) is 3.20. The van der Waals surface area contributed by atoms with Gasteiger partial charge < -0.3 is 5.32 Å². The zero-order valence-corrected chi connectivity index (χ0v) is 8.20. The van der Waals surface area contributed by atoms with Gasteiger partial charge in [-0.05, 0) is 44.7 Å². The van der Waals surface area contributed by atoms with E-state index in [9.17, 15) is 4.39 Å². The Bertz CT molecular complexity index is 128. The third kappa shape index (κ3) is 3.10. The van der Waals surface area contributed by atoms with Gasteiger partial charge in [0.2, 0.25) is 0 Å². The highest BCUT2D eigenvalue weighted by atomic mass is 19.1. The van der Waals surface area contributed by atoms with Crippen LogP contribution < -0.4 is 5.32 Å². The highest BCUT2D eigenvalue weighted by Gasteiger charge is 2.30. The Hall–Kier alpha value is -0.110. The summed E-state index contributed by atoms with van der Waals surface area (Å²) < 4.78 is 13.9. The van der Waals surface area contributed by atoms with Gasteiger partial charge in [-0.25, -0.2) is 4.39 Å². The lowest BCUT2D eigenvalue weighted by molar-refractivity contribution is 0.0975. The maximum atomic E-state index is 13.9. The molecule has 0 bridgehead atoms. The highest BCUT2D eigenvalue weighted by molar-refractivity contribution is 4.84. The van der Waals surface area contributed by atoms with E-state index in [0.29, 0.717) is 18.8 Å². The first-order valence-corrected chi connectivity index (χ1v) is 5.02. The summed E-state index contributed by atoms with van der Waals surface area (Å²) in [4.78, 5) is 0. The predicted molar refractivity (Wildman–Crippen MR) is 50.0 cm³/mol. The number of halogens is 1. The van der Waals surface area contributed by atoms with Gasteiger partial charge in [0.1, 0.15) is 5.67 Å². The second kappa shape index (κ2) is 4.22. The van der Waals surface area contributed by atoms with Crippen LogP contribution in [0.5, 0.6) is 0 Å². The van der Waals surface area contributed by atoms with Crippen molar-refractivity contribution in [2.24, 2.45) is 5.92 Å². The van der Waals surface area contributed by atoms with Crippen molar-refractivity contribution in [2.75, 3.05) is 13.1 Å². The van der Waals surface area contributed by atoms with E-state index in [2.05, 4.69) is 19.2 Å². The SMILES string of the molecule is CC(C)CCC1(F)CCNCC1. The van der Waals surface area contributed by atoms with E-state index in [1.807, 2.05) is 0 Å². The van der Waals surface area contributed by atoms with Crippen molar-refractivity contribution in [1.29, 1.82) is 0 Å². The summed E-state index contributed by atoms with van der Waals surface area (Å²) in [6.45, 7) is 6.03. The number of alkyl halides is 1. The molecule has 1 fully saturated rings. The summed E-state index contributed by atoms with van der Waals surface area (Å²) in [5, 5.41) is 3.19. The van der Waals surface area contributed by atoms with Crippen LogP contribution in [-0.2, 0) is 0 Å². The van der Waals surface area contributed by atoms with Crippen LogP contribution in [0, 0.1) is 5.92 Å². The van der Waals surface area contributed by atoms with Crippen molar-refractivity contribution in [1.82, 2.24) is 5.32 Å². The zero-order valence-electron chi connectivity index (χ0n) is 8.20. The van der Waals surface area contributed by atoms with Crippen LogP contribution in [0.2, 0.25) is 0 Å². The molecule has 0 atom stereocenters. The van der Waals surface area contributed by atoms with Crippen LogP contribution in [-0.4, -0.2) is 18.8 Å². The molecule has 0 amide bonds. The molecule has 1 N–H and O–H groups in total. The molecule has 1 saturated heterocycles. The summed E-state index contributed by atoms with van der Waals surface area (Å²) in [5.41, 5.74) is -0.852. The first kappa shape index (κ1) is 9.97. The highest BCUT2D eigenvalue weighted by Crippen LogP contribution is 2.29. The molecule has 0 radical (unpaired) electrons. The van der Waals surface area contributed by atoms with Crippen molar-refractivity contribution in [3.8, 4) is 0 Å². The van der Waals surface area contributed by atoms with E-state index in [1.165, 1.54) is 0 Å². The van der Waals surface area contributed by atoms with Crippen molar-refractivity contribution in [2.45, 2.75) is 45.2 Å². The van der Waals surface area contributed by atoms with Gasteiger partial charge in [-0.2, -0.15) is 0 Å². The summed E-state index contributed by atoms with van der Waals surface area (Å²) in [5.74, 6) is 0.632. The van der Waals surface area contributed by atoms with Gasteiger partial charge in [0.05, 0.1) is 0 Å². The lowest BCUT2D eigenvalue weighted by Gasteiger charge is -2.30. The van der Waals surface area contributed by atoms with Gasteiger partial charge in [-0.15, -0.1) is 0 Å². The first-order chi connectivity index (χ1) is 5.62. The summed E-state index contributed by atoms with van der Waals surface area (Å²) in [6, 6.07) is 0. The molecule has 0 saturated carbocycles. The summed E-state index contributed by atoms with van der Waals surface area (Å²) >= 11 is 0. The van der Waals surface area contributed by atoms with Gasteiger partial charge in [0, 0.05) is 0 Å². The van der Waals surface area contributed by atoms with Crippen LogP contribution in [0.4, 0.5) is 4.39 Å². The molecule has 1 aliphatic heterocycles. The fourth-order valence-electron chi connectivity index (χ4n) is 1.67. The Balaban J connectivity index is 2.26. The molecule has 1 rings (SSSR count). The molecule has 1 aliphatic rings. The van der Waals surface area contributed by atoms with Gasteiger partial charge in [-0.1, -0.05) is 13.8 Å². The number of hydrogen-bond acceptors (Lipinski definition) is 1. The van der Waals surface area contributed by atoms with Crippen molar-refractivity contribution >= 4 is 0 Å². The largest absolute Gasteiger partial charge is 0.316 e. The Morgan fingerprint density at radius 2 is 1.92 bits per heavy atom. The topological polar surface area (TPSA) is 12.0 Å².